The van der Waals surface area contributed by atoms with Crippen molar-refractivity contribution >= 4 is 28.4 Å². The summed E-state index contributed by atoms with van der Waals surface area (Å²) in [7, 11) is 1.79. The summed E-state index contributed by atoms with van der Waals surface area (Å²) in [6, 6.07) is 3.27. The van der Waals surface area contributed by atoms with E-state index in [1.54, 1.807) is 17.8 Å². The number of hydrogen-bond acceptors (Lipinski definition) is 5. The molecular weight excluding hydrogens is 325 g/mol. The van der Waals surface area contributed by atoms with Gasteiger partial charge in [0.25, 0.3) is 0 Å². The summed E-state index contributed by atoms with van der Waals surface area (Å²) in [6.45, 7) is 3.15. The number of hydrogen-bond donors (Lipinski definition) is 2. The Kier molecular flexibility index (Phi) is 3.91. The molecule has 1 unspecified atom stereocenters. The third kappa shape index (κ3) is 2.76. The van der Waals surface area contributed by atoms with Crippen LogP contribution in [-0.4, -0.2) is 47.8 Å². The van der Waals surface area contributed by atoms with E-state index in [-0.39, 0.29) is 24.1 Å². The molecule has 3 heterocycles. The predicted molar refractivity (Wildman–Crippen MR) is 90.9 cm³/mol. The summed E-state index contributed by atoms with van der Waals surface area (Å²) in [5.41, 5.74) is 1.88. The van der Waals surface area contributed by atoms with Crippen LogP contribution in [0.4, 0.5) is 10.1 Å². The molecular formula is C17H20FN5O2. The second kappa shape index (κ2) is 6.11. The Bertz CT molecular complexity index is 856. The number of piperidine rings is 1. The monoisotopic (exact) mass is 345 g/mol. The van der Waals surface area contributed by atoms with Crippen LogP contribution in [0.15, 0.2) is 12.1 Å². The minimum atomic E-state index is -0.522. The highest BCUT2D eigenvalue weighted by atomic mass is 19.1. The summed E-state index contributed by atoms with van der Waals surface area (Å²) in [4.78, 5) is 25.5. The van der Waals surface area contributed by atoms with Crippen molar-refractivity contribution in [2.75, 3.05) is 31.1 Å². The Hall–Kier alpha value is -2.48. The van der Waals surface area contributed by atoms with Gasteiger partial charge in [0.2, 0.25) is 11.8 Å². The Morgan fingerprint density at radius 3 is 2.72 bits per heavy atom. The lowest BCUT2D eigenvalue weighted by Crippen LogP contribution is -2.43. The number of nitrogens with one attached hydrogen (secondary N) is 2. The molecule has 25 heavy (non-hydrogen) atoms. The molecule has 2 aliphatic heterocycles. The summed E-state index contributed by atoms with van der Waals surface area (Å²) in [5.74, 6) is -1.46. The van der Waals surface area contributed by atoms with Crippen molar-refractivity contribution in [1.29, 1.82) is 0 Å². The van der Waals surface area contributed by atoms with E-state index in [1.165, 1.54) is 6.07 Å². The smallest absolute Gasteiger partial charge is 0.235 e. The normalized spacial score (nSPS) is 21.7. The van der Waals surface area contributed by atoms with E-state index in [9.17, 15) is 14.0 Å². The zero-order valence-electron chi connectivity index (χ0n) is 14.0. The molecule has 1 aromatic carbocycles. The molecule has 1 aromatic heterocycles. The minimum absolute atomic E-state index is 0.270. The number of benzene rings is 1. The average Bonchev–Trinajstić information content (AvgIpc) is 2.91. The first-order valence-corrected chi connectivity index (χ1v) is 8.50. The van der Waals surface area contributed by atoms with Gasteiger partial charge in [-0.05, 0) is 18.6 Å². The van der Waals surface area contributed by atoms with Crippen LogP contribution < -0.4 is 15.5 Å². The molecule has 0 radical (unpaired) electrons. The Labute approximate surface area is 144 Å². The maximum absolute atomic E-state index is 14.8. The minimum Gasteiger partial charge on any atom is -0.367 e. The van der Waals surface area contributed by atoms with Crippen molar-refractivity contribution in [3.8, 4) is 0 Å². The van der Waals surface area contributed by atoms with Gasteiger partial charge in [0, 0.05) is 45.0 Å². The summed E-state index contributed by atoms with van der Waals surface area (Å²) >= 11 is 0. The van der Waals surface area contributed by atoms with Crippen LogP contribution in [0.1, 0.15) is 24.5 Å². The maximum atomic E-state index is 14.8. The van der Waals surface area contributed by atoms with Gasteiger partial charge in [-0.3, -0.25) is 19.6 Å². The van der Waals surface area contributed by atoms with Gasteiger partial charge in [-0.1, -0.05) is 0 Å². The zero-order valence-corrected chi connectivity index (χ0v) is 14.0. The molecule has 2 amide bonds. The van der Waals surface area contributed by atoms with E-state index in [1.807, 2.05) is 4.90 Å². The fourth-order valence-electron chi connectivity index (χ4n) is 3.65. The average molecular weight is 345 g/mol. The van der Waals surface area contributed by atoms with Gasteiger partial charge in [0.05, 0.1) is 22.8 Å². The first-order valence-electron chi connectivity index (χ1n) is 8.50. The molecule has 0 spiro atoms. The van der Waals surface area contributed by atoms with Crippen LogP contribution in [-0.2, 0) is 16.6 Å². The number of nitrogens with zero attached hydrogens (tertiary/aromatic N) is 3. The number of aromatic nitrogens is 2. The summed E-state index contributed by atoms with van der Waals surface area (Å²) < 4.78 is 16.4. The summed E-state index contributed by atoms with van der Waals surface area (Å²) in [6.07, 6.45) is 0.674. The molecule has 0 saturated carbocycles. The van der Waals surface area contributed by atoms with Gasteiger partial charge in [-0.2, -0.15) is 5.10 Å². The lowest BCUT2D eigenvalue weighted by Gasteiger charge is -2.29. The van der Waals surface area contributed by atoms with Crippen LogP contribution >= 0.6 is 0 Å². The van der Waals surface area contributed by atoms with E-state index < -0.39 is 5.92 Å². The zero-order chi connectivity index (χ0) is 17.6. The van der Waals surface area contributed by atoms with Crippen molar-refractivity contribution in [3.63, 3.8) is 0 Å². The second-order valence-corrected chi connectivity index (χ2v) is 6.57. The van der Waals surface area contributed by atoms with E-state index in [0.29, 0.717) is 23.2 Å². The van der Waals surface area contributed by atoms with Crippen LogP contribution in [0.3, 0.4) is 0 Å². The number of piperazine rings is 1. The van der Waals surface area contributed by atoms with E-state index in [2.05, 4.69) is 15.7 Å². The van der Waals surface area contributed by atoms with Crippen LogP contribution in [0.5, 0.6) is 0 Å². The van der Waals surface area contributed by atoms with E-state index in [0.717, 1.165) is 31.7 Å². The number of aryl methyl sites for hydroxylation is 1. The number of fused-ring (bicyclic) bond motifs is 1. The number of imide groups is 1. The number of carbonyl (C=O) groups is 2. The molecule has 4 rings (SSSR count). The van der Waals surface area contributed by atoms with Crippen molar-refractivity contribution in [1.82, 2.24) is 20.4 Å². The lowest BCUT2D eigenvalue weighted by molar-refractivity contribution is -0.134. The SMILES string of the molecule is Cn1nc(C2CCC(=O)NC2=O)c2cc(F)c(N3CCNCC3)cc21. The van der Waals surface area contributed by atoms with Gasteiger partial charge in [-0.25, -0.2) is 4.39 Å². The summed E-state index contributed by atoms with van der Waals surface area (Å²) in [5, 5.41) is 10.7. The molecule has 132 valence electrons. The highest BCUT2D eigenvalue weighted by Crippen LogP contribution is 2.33. The van der Waals surface area contributed by atoms with Crippen molar-refractivity contribution in [3.05, 3.63) is 23.6 Å². The molecule has 2 N–H and O–H groups in total. The standard InChI is InChI=1S/C17H20FN5O2/c1-22-13-9-14(23-6-4-19-5-7-23)12(18)8-11(13)16(21-22)10-2-3-15(24)20-17(10)25/h8-10,19H,2-7H2,1H3,(H,20,24,25). The van der Waals surface area contributed by atoms with Crippen molar-refractivity contribution in [2.45, 2.75) is 18.8 Å². The molecule has 2 saturated heterocycles. The predicted octanol–water partition coefficient (Wildman–Crippen LogP) is 0.642. The molecule has 2 aliphatic rings. The number of amides is 2. The number of anilines is 1. The fourth-order valence-corrected chi connectivity index (χ4v) is 3.65. The van der Waals surface area contributed by atoms with Crippen molar-refractivity contribution < 1.29 is 14.0 Å². The Morgan fingerprint density at radius 1 is 1.24 bits per heavy atom. The van der Waals surface area contributed by atoms with Gasteiger partial charge < -0.3 is 10.2 Å². The molecule has 0 aliphatic carbocycles. The molecule has 8 heteroatoms. The van der Waals surface area contributed by atoms with Gasteiger partial charge >= 0.3 is 0 Å². The third-order valence-electron chi connectivity index (χ3n) is 4.97. The topological polar surface area (TPSA) is 79.3 Å². The largest absolute Gasteiger partial charge is 0.367 e. The van der Waals surface area contributed by atoms with Gasteiger partial charge in [-0.15, -0.1) is 0 Å². The maximum Gasteiger partial charge on any atom is 0.235 e. The van der Waals surface area contributed by atoms with Gasteiger partial charge in [0.1, 0.15) is 5.82 Å². The van der Waals surface area contributed by atoms with Crippen LogP contribution in [0, 0.1) is 5.82 Å². The first-order chi connectivity index (χ1) is 12.0. The molecule has 2 fully saturated rings. The Morgan fingerprint density at radius 2 is 2.00 bits per heavy atom. The van der Waals surface area contributed by atoms with E-state index in [4.69, 9.17) is 0 Å². The third-order valence-corrected chi connectivity index (χ3v) is 4.97. The number of halogens is 1. The second-order valence-electron chi connectivity index (χ2n) is 6.57. The highest BCUT2D eigenvalue weighted by molar-refractivity contribution is 6.02. The fraction of sp³-hybridized carbons (Fsp3) is 0.471. The molecule has 1 atom stereocenters. The quantitative estimate of drug-likeness (QED) is 0.781. The molecule has 7 nitrogen and oxygen atoms in total. The van der Waals surface area contributed by atoms with Crippen LogP contribution in [0.25, 0.3) is 10.9 Å². The lowest BCUT2D eigenvalue weighted by atomic mass is 9.92. The number of carbonyl (C=O) groups excluding carboxylic acids is 2. The van der Waals surface area contributed by atoms with Gasteiger partial charge in [0.15, 0.2) is 0 Å². The first kappa shape index (κ1) is 16.0. The van der Waals surface area contributed by atoms with Crippen molar-refractivity contribution in [2.24, 2.45) is 7.05 Å². The number of rotatable bonds is 2. The molecule has 2 aromatic rings. The highest BCUT2D eigenvalue weighted by Gasteiger charge is 2.32. The van der Waals surface area contributed by atoms with E-state index >= 15 is 0 Å². The van der Waals surface area contributed by atoms with Crippen LogP contribution in [0.2, 0.25) is 0 Å². The Balaban J connectivity index is 1.76. The molecule has 0 bridgehead atoms.